The van der Waals surface area contributed by atoms with Gasteiger partial charge in [-0.25, -0.2) is 13.2 Å². The topological polar surface area (TPSA) is 148 Å². The Hall–Kier alpha value is -2.47. The van der Waals surface area contributed by atoms with E-state index in [1.54, 1.807) is 0 Å². The minimum Gasteiger partial charge on any atom is -0.480 e. The summed E-state index contributed by atoms with van der Waals surface area (Å²) in [4.78, 5) is 49.2. The number of rotatable bonds is 6. The van der Waals surface area contributed by atoms with Gasteiger partial charge in [-0.2, -0.15) is 0 Å². The SMILES string of the molecule is CO[C@H]1C(=O)N2C(C(=O)N(C)[C@H](C)C(=O)O)=C(COC(C)=O)CS(=O)(=O)[C@H]12. The van der Waals surface area contributed by atoms with E-state index in [0.717, 1.165) is 16.7 Å². The van der Waals surface area contributed by atoms with Crippen LogP contribution < -0.4 is 0 Å². The van der Waals surface area contributed by atoms with Crippen LogP contribution in [0.2, 0.25) is 0 Å². The zero-order valence-corrected chi connectivity index (χ0v) is 16.0. The maximum atomic E-state index is 12.9. The van der Waals surface area contributed by atoms with E-state index in [2.05, 4.69) is 0 Å². The Morgan fingerprint density at radius 3 is 2.44 bits per heavy atom. The number of carbonyl (C=O) groups is 4. The third kappa shape index (κ3) is 3.54. The van der Waals surface area contributed by atoms with Crippen LogP contribution >= 0.6 is 0 Å². The van der Waals surface area contributed by atoms with E-state index in [1.165, 1.54) is 21.1 Å². The van der Waals surface area contributed by atoms with Crippen LogP contribution in [-0.2, 0) is 38.5 Å². The number of carbonyl (C=O) groups excluding carboxylic acids is 3. The van der Waals surface area contributed by atoms with Crippen LogP contribution in [0.1, 0.15) is 13.8 Å². The van der Waals surface area contributed by atoms with Crippen LogP contribution in [0.15, 0.2) is 11.3 Å². The molecule has 0 aromatic carbocycles. The smallest absolute Gasteiger partial charge is 0.326 e. The lowest BCUT2D eigenvalue weighted by molar-refractivity contribution is -0.162. The van der Waals surface area contributed by atoms with Crippen molar-refractivity contribution in [2.45, 2.75) is 31.4 Å². The normalized spacial score (nSPS) is 24.6. The Morgan fingerprint density at radius 1 is 1.37 bits per heavy atom. The number of amides is 2. The van der Waals surface area contributed by atoms with Gasteiger partial charge in [-0.1, -0.05) is 0 Å². The van der Waals surface area contributed by atoms with Crippen LogP contribution in [0.3, 0.4) is 0 Å². The molecule has 0 unspecified atom stereocenters. The summed E-state index contributed by atoms with van der Waals surface area (Å²) in [5, 5.41) is 7.73. The standard InChI is InChI=1S/C15H20N2O9S/c1-7(15(21)22)16(3)12(19)10-9(5-26-8(2)18)6-27(23,24)14-11(25-4)13(20)17(10)14/h7,11,14H,5-6H2,1-4H3,(H,21,22)/t7-,11+,14-/m1/s1. The van der Waals surface area contributed by atoms with E-state index < -0.39 is 63.5 Å². The summed E-state index contributed by atoms with van der Waals surface area (Å²) in [6.07, 6.45) is -1.25. The molecular weight excluding hydrogens is 384 g/mol. The maximum absolute atomic E-state index is 12.9. The molecule has 2 amide bonds. The van der Waals surface area contributed by atoms with Crippen molar-refractivity contribution >= 4 is 33.6 Å². The van der Waals surface area contributed by atoms with E-state index in [4.69, 9.17) is 14.6 Å². The molecule has 150 valence electrons. The van der Waals surface area contributed by atoms with Gasteiger partial charge < -0.3 is 19.5 Å². The predicted molar refractivity (Wildman–Crippen MR) is 88.7 cm³/mol. The zero-order valence-electron chi connectivity index (χ0n) is 15.2. The van der Waals surface area contributed by atoms with Gasteiger partial charge in [-0.15, -0.1) is 0 Å². The number of ether oxygens (including phenoxy) is 2. The molecule has 2 rings (SSSR count). The largest absolute Gasteiger partial charge is 0.480 e. The molecule has 3 atom stereocenters. The second kappa shape index (κ2) is 7.27. The van der Waals surface area contributed by atoms with Crippen molar-refractivity contribution in [3.63, 3.8) is 0 Å². The Labute approximate surface area is 155 Å². The molecule has 1 N–H and O–H groups in total. The number of hydrogen-bond donors (Lipinski definition) is 1. The fraction of sp³-hybridized carbons (Fsp3) is 0.600. The lowest BCUT2D eigenvalue weighted by Gasteiger charge is -2.49. The molecule has 0 aromatic heterocycles. The van der Waals surface area contributed by atoms with Crippen LogP contribution in [0.4, 0.5) is 0 Å². The highest BCUT2D eigenvalue weighted by Crippen LogP contribution is 2.38. The number of β-lactam (4-membered cyclic amide) rings is 1. The van der Waals surface area contributed by atoms with Crippen molar-refractivity contribution in [1.82, 2.24) is 9.80 Å². The van der Waals surface area contributed by atoms with Crippen molar-refractivity contribution < 1.29 is 42.2 Å². The minimum atomic E-state index is -3.90. The van der Waals surface area contributed by atoms with Gasteiger partial charge in [0.2, 0.25) is 0 Å². The summed E-state index contributed by atoms with van der Waals surface area (Å²) in [6, 6.07) is -1.23. The number of hydrogen-bond acceptors (Lipinski definition) is 8. The molecule has 11 nitrogen and oxygen atoms in total. The second-order valence-electron chi connectivity index (χ2n) is 6.22. The molecule has 2 aliphatic rings. The maximum Gasteiger partial charge on any atom is 0.326 e. The van der Waals surface area contributed by atoms with Crippen molar-refractivity contribution in [2.24, 2.45) is 0 Å². The second-order valence-corrected chi connectivity index (χ2v) is 8.32. The molecule has 0 bridgehead atoms. The molecule has 1 saturated heterocycles. The average Bonchev–Trinajstić information content (AvgIpc) is 2.58. The summed E-state index contributed by atoms with van der Waals surface area (Å²) >= 11 is 0. The molecule has 27 heavy (non-hydrogen) atoms. The minimum absolute atomic E-state index is 0.0983. The van der Waals surface area contributed by atoms with E-state index in [0.29, 0.717) is 0 Å². The monoisotopic (exact) mass is 404 g/mol. The van der Waals surface area contributed by atoms with E-state index in [-0.39, 0.29) is 11.3 Å². The molecule has 1 fully saturated rings. The molecule has 2 heterocycles. The van der Waals surface area contributed by atoms with Gasteiger partial charge in [-0.05, 0) is 6.92 Å². The summed E-state index contributed by atoms with van der Waals surface area (Å²) < 4.78 is 34.8. The fourth-order valence-electron chi connectivity index (χ4n) is 2.87. The Balaban J connectivity index is 2.54. The number of fused-ring (bicyclic) bond motifs is 1. The fourth-order valence-corrected chi connectivity index (χ4v) is 4.88. The summed E-state index contributed by atoms with van der Waals surface area (Å²) in [6.45, 7) is 1.86. The van der Waals surface area contributed by atoms with Gasteiger partial charge in [0.05, 0.1) is 5.75 Å². The Bertz CT molecular complexity index is 832. The zero-order chi connectivity index (χ0) is 20.7. The predicted octanol–water partition coefficient (Wildman–Crippen LogP) is -1.65. The van der Waals surface area contributed by atoms with Crippen LogP contribution in [-0.4, -0.2) is 91.1 Å². The Morgan fingerprint density at radius 2 is 1.96 bits per heavy atom. The van der Waals surface area contributed by atoms with Crippen molar-refractivity contribution in [3.05, 3.63) is 11.3 Å². The highest BCUT2D eigenvalue weighted by Gasteiger charge is 2.60. The number of sulfone groups is 1. The molecule has 0 aliphatic carbocycles. The Kier molecular flexibility index (Phi) is 5.61. The first-order chi connectivity index (χ1) is 12.4. The van der Waals surface area contributed by atoms with Crippen molar-refractivity contribution in [1.29, 1.82) is 0 Å². The van der Waals surface area contributed by atoms with Crippen LogP contribution in [0.5, 0.6) is 0 Å². The first-order valence-corrected chi connectivity index (χ1v) is 9.58. The number of likely N-dealkylation sites (N-methyl/N-ethyl adjacent to an activating group) is 1. The molecular formula is C15H20N2O9S. The van der Waals surface area contributed by atoms with E-state index in [1.807, 2.05) is 0 Å². The number of carboxylic acids is 1. The first kappa shape index (κ1) is 20.8. The molecule has 2 aliphatic heterocycles. The van der Waals surface area contributed by atoms with Gasteiger partial charge in [-0.3, -0.25) is 19.3 Å². The number of nitrogens with zero attached hydrogens (tertiary/aromatic N) is 2. The lowest BCUT2D eigenvalue weighted by Crippen LogP contribution is -2.71. The van der Waals surface area contributed by atoms with E-state index >= 15 is 0 Å². The van der Waals surface area contributed by atoms with Gasteiger partial charge >= 0.3 is 11.9 Å². The third-order valence-electron chi connectivity index (χ3n) is 4.48. The summed E-state index contributed by atoms with van der Waals surface area (Å²) in [5.74, 6) is -4.21. The van der Waals surface area contributed by atoms with Gasteiger partial charge in [0, 0.05) is 26.7 Å². The highest BCUT2D eigenvalue weighted by molar-refractivity contribution is 7.92. The average molecular weight is 404 g/mol. The van der Waals surface area contributed by atoms with Crippen LogP contribution in [0, 0.1) is 0 Å². The van der Waals surface area contributed by atoms with Gasteiger partial charge in [0.1, 0.15) is 18.3 Å². The number of methoxy groups -OCH3 is 1. The lowest BCUT2D eigenvalue weighted by atomic mass is 10.0. The summed E-state index contributed by atoms with van der Waals surface area (Å²) in [5.41, 5.74) is -0.399. The van der Waals surface area contributed by atoms with Gasteiger partial charge in [0.15, 0.2) is 21.3 Å². The molecule has 0 aromatic rings. The van der Waals surface area contributed by atoms with Crippen molar-refractivity contribution in [3.8, 4) is 0 Å². The molecule has 0 spiro atoms. The molecule has 0 radical (unpaired) electrons. The first-order valence-electron chi connectivity index (χ1n) is 7.86. The highest BCUT2D eigenvalue weighted by atomic mass is 32.2. The number of aliphatic carboxylic acids is 1. The van der Waals surface area contributed by atoms with Crippen LogP contribution in [0.25, 0.3) is 0 Å². The third-order valence-corrected chi connectivity index (χ3v) is 6.42. The summed E-state index contributed by atoms with van der Waals surface area (Å²) in [7, 11) is -1.51. The van der Waals surface area contributed by atoms with Crippen molar-refractivity contribution in [2.75, 3.05) is 26.5 Å². The number of carboxylic acid groups (broad SMARTS) is 1. The molecule has 0 saturated carbocycles. The van der Waals surface area contributed by atoms with Gasteiger partial charge in [0.25, 0.3) is 11.8 Å². The molecule has 12 heteroatoms. The quantitative estimate of drug-likeness (QED) is 0.406. The van der Waals surface area contributed by atoms with E-state index in [9.17, 15) is 27.6 Å². The number of esters is 1.